The van der Waals surface area contributed by atoms with Crippen molar-refractivity contribution in [1.29, 1.82) is 10.5 Å². The first-order chi connectivity index (χ1) is 14.1. The molecule has 1 aliphatic heterocycles. The molecule has 2 aromatic carbocycles. The maximum absolute atomic E-state index is 11.8. The molecule has 2 atom stereocenters. The van der Waals surface area contributed by atoms with E-state index in [0.717, 1.165) is 17.0 Å². The fraction of sp³-hybridized carbons (Fsp3) is 0.318. The van der Waals surface area contributed by atoms with E-state index in [0.29, 0.717) is 0 Å². The molecule has 30 heavy (non-hydrogen) atoms. The molecule has 4 N–H and O–H groups in total. The van der Waals surface area contributed by atoms with Gasteiger partial charge in [0.2, 0.25) is 12.4 Å². The summed E-state index contributed by atoms with van der Waals surface area (Å²) in [5.74, 6) is -1.13. The van der Waals surface area contributed by atoms with Crippen LogP contribution in [-0.4, -0.2) is 33.8 Å². The predicted molar refractivity (Wildman–Crippen MR) is 113 cm³/mol. The van der Waals surface area contributed by atoms with Gasteiger partial charge in [-0.1, -0.05) is 86.5 Å². The van der Waals surface area contributed by atoms with Crippen LogP contribution < -0.4 is 6.15 Å². The Morgan fingerprint density at radius 2 is 1.57 bits per heavy atom. The number of hydrogen-bond acceptors (Lipinski definition) is 7. The molecule has 0 aromatic heterocycles. The first-order valence-corrected chi connectivity index (χ1v) is 9.46. The molecule has 8 nitrogen and oxygen atoms in total. The van der Waals surface area contributed by atoms with Crippen molar-refractivity contribution in [3.63, 3.8) is 0 Å². The van der Waals surface area contributed by atoms with Crippen LogP contribution in [0.3, 0.4) is 0 Å². The normalized spacial score (nSPS) is 16.5. The van der Waals surface area contributed by atoms with Crippen molar-refractivity contribution in [1.82, 2.24) is 16.3 Å². The van der Waals surface area contributed by atoms with E-state index in [-0.39, 0.29) is 17.8 Å². The Morgan fingerprint density at radius 3 is 2.00 bits per heavy atom. The van der Waals surface area contributed by atoms with Gasteiger partial charge in [0.1, 0.15) is 6.10 Å². The van der Waals surface area contributed by atoms with Crippen LogP contribution in [0.5, 0.6) is 0 Å². The third-order valence-corrected chi connectivity index (χ3v) is 4.08. The number of carbonyl (C=O) groups excluding carboxylic acids is 1. The number of nitriles is 2. The second-order valence-electron chi connectivity index (χ2n) is 5.78. The van der Waals surface area contributed by atoms with Gasteiger partial charge in [0.15, 0.2) is 0 Å². The number of aliphatic hydroxyl groups is 1. The van der Waals surface area contributed by atoms with Gasteiger partial charge in [0, 0.05) is 5.92 Å². The second-order valence-corrected chi connectivity index (χ2v) is 5.78. The van der Waals surface area contributed by atoms with Crippen LogP contribution in [0, 0.1) is 22.9 Å². The summed E-state index contributed by atoms with van der Waals surface area (Å²) < 4.78 is 0. The molecule has 1 amide bonds. The maximum atomic E-state index is 11.8. The van der Waals surface area contributed by atoms with Gasteiger partial charge in [0.25, 0.3) is 5.91 Å². The smallest absolute Gasteiger partial charge is 0.277 e. The minimum absolute atomic E-state index is 0. The lowest BCUT2D eigenvalue weighted by Gasteiger charge is -2.15. The lowest BCUT2D eigenvalue weighted by Crippen LogP contribution is -2.34. The van der Waals surface area contributed by atoms with Crippen LogP contribution in [0.4, 0.5) is 0 Å². The number of nitrogens with zero attached hydrogens (tertiary/aromatic N) is 4. The molecule has 0 saturated carbocycles. The average Bonchev–Trinajstić information content (AvgIpc) is 3.08. The monoisotopic (exact) mass is 411 g/mol. The molecule has 0 aliphatic carbocycles. The second kappa shape index (κ2) is 14.6. The standard InChI is InChI=1S/C12H10N4O3.C8H10.C2H6.H3N/c13-7-15(8-14)19-16-6-10(11(17)12(16)18)9-4-2-1-3-5-9;1-2-8-6-4-3-5-7-8;1-2;/h1-5,10-11,17H,6H2;3-7H,2H2,1H3;1-2H3;1H3. The molecule has 1 heterocycles. The minimum atomic E-state index is -1.25. The van der Waals surface area contributed by atoms with Crippen molar-refractivity contribution in [2.75, 3.05) is 6.54 Å². The summed E-state index contributed by atoms with van der Waals surface area (Å²) in [5.41, 5.74) is 2.20. The van der Waals surface area contributed by atoms with Gasteiger partial charge in [-0.15, -0.1) is 4.94 Å². The van der Waals surface area contributed by atoms with Crippen LogP contribution in [0.25, 0.3) is 0 Å². The lowest BCUT2D eigenvalue weighted by atomic mass is 9.96. The van der Waals surface area contributed by atoms with Crippen molar-refractivity contribution in [2.45, 2.75) is 39.2 Å². The minimum Gasteiger partial charge on any atom is -0.382 e. The highest BCUT2D eigenvalue weighted by atomic mass is 16.8. The van der Waals surface area contributed by atoms with Crippen LogP contribution in [0.1, 0.15) is 37.8 Å². The number of hydrogen-bond donors (Lipinski definition) is 2. The predicted octanol–water partition coefficient (Wildman–Crippen LogP) is 3.52. The van der Waals surface area contributed by atoms with Gasteiger partial charge in [-0.05, 0) is 17.5 Å². The molecule has 0 spiro atoms. The largest absolute Gasteiger partial charge is 0.382 e. The zero-order valence-electron chi connectivity index (χ0n) is 17.6. The highest BCUT2D eigenvalue weighted by Crippen LogP contribution is 2.28. The van der Waals surface area contributed by atoms with Gasteiger partial charge in [-0.3, -0.25) is 4.79 Å². The van der Waals surface area contributed by atoms with Gasteiger partial charge in [-0.25, -0.2) is 0 Å². The first kappa shape index (κ1) is 26.6. The zero-order chi connectivity index (χ0) is 21.6. The number of aliphatic hydroxyl groups excluding tert-OH is 1. The van der Waals surface area contributed by atoms with Gasteiger partial charge in [-0.2, -0.15) is 15.6 Å². The molecule has 2 unspecified atom stereocenters. The van der Waals surface area contributed by atoms with E-state index >= 15 is 0 Å². The summed E-state index contributed by atoms with van der Waals surface area (Å²) in [6.45, 7) is 6.24. The fourth-order valence-electron chi connectivity index (χ4n) is 2.62. The maximum Gasteiger partial charge on any atom is 0.277 e. The van der Waals surface area contributed by atoms with Crippen LogP contribution in [0.15, 0.2) is 60.7 Å². The molecular formula is C22H29N5O3. The first-order valence-electron chi connectivity index (χ1n) is 9.46. The molecule has 2 aromatic rings. The quantitative estimate of drug-likeness (QED) is 0.446. The van der Waals surface area contributed by atoms with Crippen LogP contribution in [0.2, 0.25) is 0 Å². The van der Waals surface area contributed by atoms with Gasteiger partial charge < -0.3 is 11.3 Å². The van der Waals surface area contributed by atoms with E-state index in [1.54, 1.807) is 24.3 Å². The summed E-state index contributed by atoms with van der Waals surface area (Å²) in [6.07, 6.45) is 2.78. The lowest BCUT2D eigenvalue weighted by molar-refractivity contribution is -0.257. The summed E-state index contributed by atoms with van der Waals surface area (Å²) >= 11 is 0. The summed E-state index contributed by atoms with van der Waals surface area (Å²) in [5, 5.41) is 28.1. The zero-order valence-corrected chi connectivity index (χ0v) is 17.6. The summed E-state index contributed by atoms with van der Waals surface area (Å²) in [6, 6.07) is 19.5. The Hall–Kier alpha value is -3.43. The fourth-order valence-corrected chi connectivity index (χ4v) is 2.62. The van der Waals surface area contributed by atoms with Crippen molar-refractivity contribution in [3.05, 3.63) is 71.8 Å². The van der Waals surface area contributed by atoms with Crippen LogP contribution in [-0.2, 0) is 16.2 Å². The van der Waals surface area contributed by atoms with Crippen LogP contribution >= 0.6 is 0 Å². The van der Waals surface area contributed by atoms with Crippen molar-refractivity contribution in [3.8, 4) is 12.4 Å². The molecule has 8 heteroatoms. The van der Waals surface area contributed by atoms with E-state index in [2.05, 4.69) is 31.2 Å². The Balaban J connectivity index is 0.000000643. The molecule has 1 fully saturated rings. The number of benzene rings is 2. The highest BCUT2D eigenvalue weighted by molar-refractivity contribution is 5.83. The summed E-state index contributed by atoms with van der Waals surface area (Å²) in [7, 11) is 0. The van der Waals surface area contributed by atoms with Gasteiger partial charge >= 0.3 is 0 Å². The number of hydroxylamine groups is 4. The molecule has 1 aliphatic rings. The molecule has 0 bridgehead atoms. The number of aryl methyl sites for hydroxylation is 1. The number of amides is 1. The SMILES string of the molecule is CC.CCc1ccccc1.N.N#CN(C#N)ON1CC(c2ccccc2)C(O)C1=O. The van der Waals surface area contributed by atoms with Gasteiger partial charge in [0.05, 0.1) is 6.54 Å². The Labute approximate surface area is 178 Å². The Morgan fingerprint density at radius 1 is 1.07 bits per heavy atom. The molecule has 1 saturated heterocycles. The Bertz CT molecular complexity index is 804. The van der Waals surface area contributed by atoms with Crippen molar-refractivity contribution < 1.29 is 14.8 Å². The van der Waals surface area contributed by atoms with Crippen molar-refractivity contribution in [2.24, 2.45) is 0 Å². The molecule has 0 radical (unpaired) electrons. The average molecular weight is 412 g/mol. The van der Waals surface area contributed by atoms with E-state index < -0.39 is 17.9 Å². The Kier molecular flexibility index (Phi) is 12.9. The topological polar surface area (TPSA) is 136 Å². The third-order valence-electron chi connectivity index (χ3n) is 4.08. The number of carbonyl (C=O) groups is 1. The van der Waals surface area contributed by atoms with E-state index in [1.165, 1.54) is 17.9 Å². The molecular weight excluding hydrogens is 382 g/mol. The van der Waals surface area contributed by atoms with E-state index in [9.17, 15) is 9.90 Å². The number of rotatable bonds is 4. The van der Waals surface area contributed by atoms with E-state index in [1.807, 2.05) is 26.0 Å². The van der Waals surface area contributed by atoms with E-state index in [4.69, 9.17) is 15.5 Å². The summed E-state index contributed by atoms with van der Waals surface area (Å²) in [4.78, 5) is 16.5. The molecule has 160 valence electrons. The molecule has 3 rings (SSSR count). The third kappa shape index (κ3) is 7.53. The highest BCUT2D eigenvalue weighted by Gasteiger charge is 2.42. The van der Waals surface area contributed by atoms with Crippen molar-refractivity contribution >= 4 is 5.91 Å².